The monoisotopic (exact) mass is 892 g/mol. The molecule has 0 atom stereocenters. The molecule has 20 nitrogen and oxygen atoms in total. The van der Waals surface area contributed by atoms with Gasteiger partial charge in [0.25, 0.3) is 0 Å². The van der Waals surface area contributed by atoms with Crippen molar-refractivity contribution in [1.29, 1.82) is 5.41 Å². The van der Waals surface area contributed by atoms with Crippen LogP contribution in [0.15, 0.2) is 22.1 Å². The Morgan fingerprint density at radius 3 is 1.48 bits per heavy atom. The lowest BCUT2D eigenvalue weighted by atomic mass is 10.1. The molecule has 0 saturated carbocycles. The number of aromatic nitrogens is 2. The van der Waals surface area contributed by atoms with Crippen LogP contribution in [0.1, 0.15) is 155 Å². The van der Waals surface area contributed by atoms with Gasteiger partial charge in [0.2, 0.25) is 17.8 Å². The summed E-state index contributed by atoms with van der Waals surface area (Å²) in [7, 11) is 0. The summed E-state index contributed by atoms with van der Waals surface area (Å²) in [5.74, 6) is -0.273. The normalized spacial score (nSPS) is 12.3. The van der Waals surface area contributed by atoms with Crippen LogP contribution in [0.2, 0.25) is 0 Å². The maximum Gasteiger partial charge on any atom is 0.437 e. The zero-order valence-corrected chi connectivity index (χ0v) is 40.4. The van der Waals surface area contributed by atoms with E-state index in [1.54, 1.807) is 123 Å². The van der Waals surface area contributed by atoms with Crippen molar-refractivity contribution in [2.75, 3.05) is 26.2 Å². The van der Waals surface area contributed by atoms with E-state index < -0.39 is 58.5 Å². The van der Waals surface area contributed by atoms with Gasteiger partial charge in [0.05, 0.1) is 12.3 Å². The Bertz CT molecular complexity index is 1720. The minimum atomic E-state index is -1.05. The first-order valence-corrected chi connectivity index (χ1v) is 21.1. The highest BCUT2D eigenvalue weighted by Crippen LogP contribution is 2.19. The molecule has 63 heavy (non-hydrogen) atoms. The van der Waals surface area contributed by atoms with Gasteiger partial charge in [0.1, 0.15) is 33.7 Å². The van der Waals surface area contributed by atoms with E-state index in [4.69, 9.17) is 33.8 Å². The molecule has 0 radical (unpaired) electrons. The van der Waals surface area contributed by atoms with Crippen LogP contribution in [0.5, 0.6) is 5.88 Å². The van der Waals surface area contributed by atoms with Crippen molar-refractivity contribution in [1.82, 2.24) is 30.6 Å². The summed E-state index contributed by atoms with van der Waals surface area (Å²) in [6, 6.07) is 3.18. The average Bonchev–Trinajstić information content (AvgIpc) is 3.06. The molecule has 0 bridgehead atoms. The number of aliphatic imine (C=N–C) groups is 2. The minimum absolute atomic E-state index is 0.0113. The van der Waals surface area contributed by atoms with Gasteiger partial charge in [0, 0.05) is 25.7 Å². The van der Waals surface area contributed by atoms with Gasteiger partial charge in [-0.15, -0.1) is 15.2 Å². The van der Waals surface area contributed by atoms with Gasteiger partial charge in [-0.05, 0) is 136 Å². The Morgan fingerprint density at radius 1 is 0.603 bits per heavy atom. The van der Waals surface area contributed by atoms with Gasteiger partial charge in [-0.3, -0.25) is 15.6 Å². The summed E-state index contributed by atoms with van der Waals surface area (Å²) in [6.07, 6.45) is -1.28. The standard InChI is InChI=1S/C43H73N9O11/c1-29(44)30-23-24-31(50-49-30)58-28-22-27-52(38(57)63-43(14,15)16)33(48-36(55)61-41(8,9)10)51(37(56)62-42(11,12)13)26-21-19-17-18-20-25-45-32(46-34(53)59-39(2,3)4)47-35(54)60-40(5,6)7/h23-24,44H,17-22,25-28H2,1-16H3,(H2,45,46,47,53,54). The van der Waals surface area contributed by atoms with Crippen LogP contribution in [0.4, 0.5) is 24.0 Å². The van der Waals surface area contributed by atoms with Crippen molar-refractivity contribution >= 4 is 48.1 Å². The molecule has 1 aromatic rings. The van der Waals surface area contributed by atoms with Crippen molar-refractivity contribution in [3.8, 4) is 5.88 Å². The van der Waals surface area contributed by atoms with Crippen LogP contribution in [0.3, 0.4) is 0 Å². The van der Waals surface area contributed by atoms with Crippen molar-refractivity contribution in [3.05, 3.63) is 17.8 Å². The fourth-order valence-electron chi connectivity index (χ4n) is 4.82. The van der Waals surface area contributed by atoms with Gasteiger partial charge in [-0.2, -0.15) is 0 Å². The predicted molar refractivity (Wildman–Crippen MR) is 238 cm³/mol. The lowest BCUT2D eigenvalue weighted by molar-refractivity contribution is 0.0268. The molecule has 356 valence electrons. The third-order valence-corrected chi connectivity index (χ3v) is 7.14. The Morgan fingerprint density at radius 2 is 1.05 bits per heavy atom. The summed E-state index contributed by atoms with van der Waals surface area (Å²) in [6.45, 7) is 27.1. The fraction of sp³-hybridized carbons (Fsp3) is 0.721. The summed E-state index contributed by atoms with van der Waals surface area (Å²) in [4.78, 5) is 77.0. The van der Waals surface area contributed by atoms with Crippen molar-refractivity contribution in [2.24, 2.45) is 9.98 Å². The van der Waals surface area contributed by atoms with Crippen LogP contribution in [0, 0.1) is 5.41 Å². The van der Waals surface area contributed by atoms with Crippen molar-refractivity contribution in [3.63, 3.8) is 0 Å². The highest BCUT2D eigenvalue weighted by Gasteiger charge is 2.35. The van der Waals surface area contributed by atoms with Gasteiger partial charge in [0.15, 0.2) is 0 Å². The first-order chi connectivity index (χ1) is 28.7. The highest BCUT2D eigenvalue weighted by molar-refractivity contribution is 6.05. The van der Waals surface area contributed by atoms with E-state index in [0.29, 0.717) is 37.8 Å². The van der Waals surface area contributed by atoms with E-state index in [-0.39, 0.29) is 56.2 Å². The first-order valence-electron chi connectivity index (χ1n) is 21.1. The van der Waals surface area contributed by atoms with Crippen LogP contribution in [-0.2, 0) is 23.7 Å². The Labute approximate surface area is 373 Å². The lowest BCUT2D eigenvalue weighted by Gasteiger charge is -2.34. The van der Waals surface area contributed by atoms with Gasteiger partial charge in [-0.25, -0.2) is 33.8 Å². The van der Waals surface area contributed by atoms with Crippen molar-refractivity contribution in [2.45, 2.75) is 177 Å². The molecule has 1 heterocycles. The van der Waals surface area contributed by atoms with Crippen LogP contribution < -0.4 is 15.4 Å². The molecule has 3 N–H and O–H groups in total. The number of nitrogens with one attached hydrogen (secondary N) is 3. The summed E-state index contributed by atoms with van der Waals surface area (Å²) >= 11 is 0. The van der Waals surface area contributed by atoms with Gasteiger partial charge < -0.3 is 33.8 Å². The van der Waals surface area contributed by atoms with Gasteiger partial charge >= 0.3 is 30.5 Å². The summed E-state index contributed by atoms with van der Waals surface area (Å²) in [5.41, 5.74) is -3.80. The number of unbranched alkanes of at least 4 members (excludes halogenated alkanes) is 4. The Balaban J connectivity index is 3.36. The van der Waals surface area contributed by atoms with Crippen LogP contribution in [0.25, 0.3) is 0 Å². The Hall–Kier alpha value is -5.56. The molecule has 20 heteroatoms. The number of hydrogen-bond acceptors (Lipinski definition) is 15. The number of amides is 5. The smallest absolute Gasteiger partial charge is 0.437 e. The molecule has 0 aliphatic rings. The number of rotatable bonds is 14. The second-order valence-corrected chi connectivity index (χ2v) is 19.5. The number of carbonyl (C=O) groups is 5. The molecular formula is C43H73N9O11. The Kier molecular flexibility index (Phi) is 21.4. The first kappa shape index (κ1) is 55.5. The topological polar surface area (TPSA) is 246 Å². The number of nitrogens with zero attached hydrogens (tertiary/aromatic N) is 6. The zero-order chi connectivity index (χ0) is 48.4. The van der Waals surface area contributed by atoms with E-state index in [0.717, 1.165) is 9.80 Å². The number of guanidine groups is 2. The average molecular weight is 892 g/mol. The third-order valence-electron chi connectivity index (χ3n) is 7.14. The lowest BCUT2D eigenvalue weighted by Crippen LogP contribution is -2.53. The number of carbonyl (C=O) groups excluding carboxylic acids is 5. The third kappa shape index (κ3) is 26.5. The summed E-state index contributed by atoms with van der Waals surface area (Å²) < 4.78 is 33.4. The molecule has 5 amide bonds. The van der Waals surface area contributed by atoms with E-state index in [9.17, 15) is 24.0 Å². The summed E-state index contributed by atoms with van der Waals surface area (Å²) in [5, 5.41) is 20.6. The van der Waals surface area contributed by atoms with Crippen molar-refractivity contribution < 1.29 is 52.4 Å². The maximum absolute atomic E-state index is 14.0. The molecule has 0 aliphatic carbocycles. The molecule has 0 unspecified atom stereocenters. The zero-order valence-electron chi connectivity index (χ0n) is 40.4. The van der Waals surface area contributed by atoms with Crippen LogP contribution >= 0.6 is 0 Å². The molecule has 0 fully saturated rings. The molecule has 0 saturated heterocycles. The molecule has 0 spiro atoms. The molecule has 0 aromatic carbocycles. The molecule has 1 aromatic heterocycles. The number of ether oxygens (including phenoxy) is 6. The SMILES string of the molecule is CC(=N)c1ccc(OCCCN(C(=O)OC(C)(C)C)C(=NC(=O)OC(C)(C)C)N(CCCCCCCN=C(NC(=O)OC(C)(C)C)NC(=O)OC(C)(C)C)C(=O)OC(C)(C)C)nn1. The van der Waals surface area contributed by atoms with Crippen LogP contribution in [-0.4, -0.2) is 122 Å². The second-order valence-electron chi connectivity index (χ2n) is 19.5. The molecule has 0 aliphatic heterocycles. The predicted octanol–water partition coefficient (Wildman–Crippen LogP) is 8.75. The maximum atomic E-state index is 14.0. The molecular weight excluding hydrogens is 819 g/mol. The minimum Gasteiger partial charge on any atom is -0.477 e. The number of alkyl carbamates (subject to hydrolysis) is 2. The second kappa shape index (κ2) is 24.3. The molecule has 1 rings (SSSR count). The van der Waals surface area contributed by atoms with E-state index >= 15 is 0 Å². The largest absolute Gasteiger partial charge is 0.477 e. The van der Waals surface area contributed by atoms with E-state index in [1.807, 2.05) is 0 Å². The van der Waals surface area contributed by atoms with E-state index in [1.165, 1.54) is 0 Å². The highest BCUT2D eigenvalue weighted by atomic mass is 16.6. The van der Waals surface area contributed by atoms with E-state index in [2.05, 4.69) is 30.8 Å². The number of hydrogen-bond donors (Lipinski definition) is 3. The quantitative estimate of drug-likeness (QED) is 0.0685. The van der Waals surface area contributed by atoms with Gasteiger partial charge in [-0.1, -0.05) is 19.3 Å². The fourth-order valence-corrected chi connectivity index (χ4v) is 4.82.